The second-order valence-electron chi connectivity index (χ2n) is 17.5. The van der Waals surface area contributed by atoms with Crippen molar-refractivity contribution in [3.05, 3.63) is 150 Å². The van der Waals surface area contributed by atoms with E-state index in [9.17, 15) is 0 Å². The first-order valence-electron chi connectivity index (χ1n) is 17.6. The molecular formula is C47H54I2Zr. The van der Waals surface area contributed by atoms with Gasteiger partial charge in [-0.05, 0) is 21.7 Å². The summed E-state index contributed by atoms with van der Waals surface area (Å²) in [5.74, 6) is 0. The second-order valence-corrected chi connectivity index (χ2v) is 21.2. The van der Waals surface area contributed by atoms with Crippen LogP contribution in [0, 0.1) is 7.14 Å². The van der Waals surface area contributed by atoms with Gasteiger partial charge in [0.2, 0.25) is 0 Å². The molecule has 0 aliphatic carbocycles. The molecule has 0 spiro atoms. The Hall–Kier alpha value is -1.69. The zero-order valence-corrected chi connectivity index (χ0v) is 38.9. The number of hydrogen-bond acceptors (Lipinski definition) is 0. The van der Waals surface area contributed by atoms with E-state index >= 15 is 0 Å². The summed E-state index contributed by atoms with van der Waals surface area (Å²) >= 11 is 6.13. The zero-order valence-electron chi connectivity index (χ0n) is 32.1. The van der Waals surface area contributed by atoms with Crippen molar-refractivity contribution in [1.29, 1.82) is 0 Å². The third kappa shape index (κ3) is 10.5. The molecule has 0 N–H and O–H groups in total. The minimum atomic E-state index is 0.124. The summed E-state index contributed by atoms with van der Waals surface area (Å²) in [6, 6.07) is 39.7. The Morgan fingerprint density at radius 3 is 1.04 bits per heavy atom. The van der Waals surface area contributed by atoms with Gasteiger partial charge in [0.05, 0.1) is 0 Å². The maximum Gasteiger partial charge on any atom is -0.172 e. The van der Waals surface area contributed by atoms with Crippen molar-refractivity contribution in [3.8, 4) is 0 Å². The van der Waals surface area contributed by atoms with Crippen LogP contribution in [0.1, 0.15) is 116 Å². The molecule has 0 aromatic heterocycles. The summed E-state index contributed by atoms with van der Waals surface area (Å²) in [6.45, 7) is 28.0. The van der Waals surface area contributed by atoms with Crippen LogP contribution in [0.2, 0.25) is 0 Å². The van der Waals surface area contributed by atoms with Gasteiger partial charge in [0.25, 0.3) is 0 Å². The van der Waals surface area contributed by atoms with Gasteiger partial charge in [0.15, 0.2) is 0 Å². The van der Waals surface area contributed by atoms with Gasteiger partial charge in [-0.25, -0.2) is 12.1 Å². The molecule has 0 atom stereocenters. The Labute approximate surface area is 345 Å². The van der Waals surface area contributed by atoms with E-state index in [2.05, 4.69) is 207 Å². The number of halogens is 2. The Morgan fingerprint density at radius 2 is 0.780 bits per heavy atom. The Morgan fingerprint density at radius 1 is 0.480 bits per heavy atom. The summed E-state index contributed by atoms with van der Waals surface area (Å²) in [5, 5.41) is 5.57. The quantitative estimate of drug-likeness (QED) is 0.120. The molecule has 0 unspecified atom stereocenters. The predicted octanol–water partition coefficient (Wildman–Crippen LogP) is 14.3. The Bertz CT molecular complexity index is 1880. The fourth-order valence-corrected chi connectivity index (χ4v) is 7.85. The molecule has 0 nitrogen and oxygen atoms in total. The molecule has 0 aliphatic rings. The molecule has 0 saturated heterocycles. The number of rotatable bonds is 2. The van der Waals surface area contributed by atoms with E-state index in [1.807, 2.05) is 30.3 Å². The van der Waals surface area contributed by atoms with Crippen LogP contribution in [0.4, 0.5) is 0 Å². The minimum Gasteiger partial charge on any atom is -0.214 e. The van der Waals surface area contributed by atoms with E-state index in [0.29, 0.717) is 0 Å². The molecule has 6 aromatic carbocycles. The van der Waals surface area contributed by atoms with Crippen LogP contribution in [0.3, 0.4) is 0 Å². The standard InChI is InChI=1S/C29H41.C13H8I2.C5H5.Zr/c1-26(2,3)22-14-18-13-19-15-23(27(4,5)6)25(29(10,11)12)17-21(19)20(18)16-24(22)28(7,8)9;14-12-5-1-10(2-6-12)9-11-3-7-13(15)8-4-11;1-2-4-5-3-1;/h13-17H,1-12H3;1-8H;1-5H;/q-1;;-1;+2. The molecule has 0 saturated carbocycles. The van der Waals surface area contributed by atoms with Crippen LogP contribution in [0.5, 0.6) is 0 Å². The summed E-state index contributed by atoms with van der Waals surface area (Å²) in [4.78, 5) is 0. The van der Waals surface area contributed by atoms with E-state index in [0.717, 1.165) is 0 Å². The van der Waals surface area contributed by atoms with Gasteiger partial charge in [-0.15, -0.1) is 39.7 Å². The Balaban J connectivity index is 0.000000221. The van der Waals surface area contributed by atoms with E-state index in [1.165, 1.54) is 89.5 Å². The van der Waals surface area contributed by atoms with Crippen molar-refractivity contribution in [1.82, 2.24) is 0 Å². The van der Waals surface area contributed by atoms with E-state index < -0.39 is 0 Å². The molecule has 6 rings (SSSR count). The predicted molar refractivity (Wildman–Crippen MR) is 235 cm³/mol. The van der Waals surface area contributed by atoms with Crippen molar-refractivity contribution in [2.24, 2.45) is 0 Å². The molecule has 6 aromatic rings. The van der Waals surface area contributed by atoms with Gasteiger partial charge >= 0.3 is 139 Å². The molecule has 50 heavy (non-hydrogen) atoms. The van der Waals surface area contributed by atoms with Crippen LogP contribution < -0.4 is 0 Å². The fraction of sp³-hybridized carbons (Fsp3) is 0.340. The first-order valence-corrected chi connectivity index (χ1v) is 21.0. The van der Waals surface area contributed by atoms with Crippen molar-refractivity contribution >= 4 is 69.9 Å². The van der Waals surface area contributed by atoms with Gasteiger partial charge in [-0.3, -0.25) is 0 Å². The van der Waals surface area contributed by atoms with E-state index in [1.54, 1.807) is 0 Å². The molecule has 0 fully saturated rings. The van der Waals surface area contributed by atoms with Crippen LogP contribution >= 0.6 is 45.2 Å². The van der Waals surface area contributed by atoms with E-state index in [-0.39, 0.29) is 21.7 Å². The first-order chi connectivity index (χ1) is 23.1. The normalized spacial score (nSPS) is 12.3. The molecule has 0 aliphatic heterocycles. The minimum absolute atomic E-state index is 0.124. The van der Waals surface area contributed by atoms with Gasteiger partial charge in [-0.1, -0.05) is 117 Å². The molecule has 0 heterocycles. The summed E-state index contributed by atoms with van der Waals surface area (Å²) in [7, 11) is 0. The topological polar surface area (TPSA) is 0 Å². The van der Waals surface area contributed by atoms with E-state index in [4.69, 9.17) is 0 Å². The van der Waals surface area contributed by atoms with Crippen molar-refractivity contribution < 1.29 is 24.2 Å². The smallest absolute Gasteiger partial charge is 0.172 e. The molecule has 0 radical (unpaired) electrons. The summed E-state index contributed by atoms with van der Waals surface area (Å²) in [5.41, 5.74) is 9.07. The number of benzene rings is 4. The maximum atomic E-state index is 2.49. The average Bonchev–Trinajstić information content (AvgIpc) is 3.71. The second kappa shape index (κ2) is 16.1. The van der Waals surface area contributed by atoms with Crippen LogP contribution in [0.15, 0.2) is 109 Å². The van der Waals surface area contributed by atoms with Crippen LogP contribution in [-0.2, 0) is 45.9 Å². The first kappa shape index (κ1) is 41.1. The molecule has 3 heteroatoms. The van der Waals surface area contributed by atoms with Gasteiger partial charge in [0, 0.05) is 0 Å². The fourth-order valence-electron chi connectivity index (χ4n) is 6.31. The maximum absolute atomic E-state index is 2.49. The largest absolute Gasteiger partial charge is 0.214 e. The Kier molecular flexibility index (Phi) is 13.3. The van der Waals surface area contributed by atoms with Gasteiger partial charge < -0.3 is 0 Å². The molecule has 260 valence electrons. The summed E-state index contributed by atoms with van der Waals surface area (Å²) < 4.78 is 3.99. The SMILES string of the molecule is CC(C)(C)c1cc2[cH-]c3cc(C(C)(C)C)c(C(C)(C)C)cc3c2cc1C(C)(C)C.[Zr+2]=[C](c1ccc(I)cc1)c1ccc(I)cc1.c1cc[cH-]c1. The van der Waals surface area contributed by atoms with Crippen molar-refractivity contribution in [3.63, 3.8) is 0 Å². The zero-order chi connectivity index (χ0) is 37.2. The number of fused-ring (bicyclic) bond motifs is 3. The van der Waals surface area contributed by atoms with Gasteiger partial charge in [-0.2, -0.15) is 18.2 Å². The number of hydrogen-bond donors (Lipinski definition) is 0. The van der Waals surface area contributed by atoms with Crippen molar-refractivity contribution in [2.75, 3.05) is 0 Å². The van der Waals surface area contributed by atoms with Crippen LogP contribution in [0.25, 0.3) is 21.5 Å². The van der Waals surface area contributed by atoms with Crippen LogP contribution in [-0.4, -0.2) is 3.21 Å². The third-order valence-electron chi connectivity index (χ3n) is 9.03. The summed E-state index contributed by atoms with van der Waals surface area (Å²) in [6.07, 6.45) is 0. The monoisotopic (exact) mass is 962 g/mol. The van der Waals surface area contributed by atoms with Gasteiger partial charge in [0.1, 0.15) is 0 Å². The van der Waals surface area contributed by atoms with Crippen molar-refractivity contribution in [2.45, 2.75) is 105 Å². The molecular weight excluding hydrogens is 910 g/mol. The molecule has 0 amide bonds. The molecule has 0 bridgehead atoms. The third-order valence-corrected chi connectivity index (χ3v) is 11.9. The average molecular weight is 964 g/mol.